The van der Waals surface area contributed by atoms with E-state index in [0.717, 1.165) is 18.5 Å². The molecule has 0 aromatic heterocycles. The molecule has 27 heavy (non-hydrogen) atoms. The van der Waals surface area contributed by atoms with Gasteiger partial charge in [0.1, 0.15) is 0 Å². The fourth-order valence-electron chi connectivity index (χ4n) is 3.49. The summed E-state index contributed by atoms with van der Waals surface area (Å²) in [6.07, 6.45) is 3.43. The molecule has 1 aliphatic heterocycles. The predicted molar refractivity (Wildman–Crippen MR) is 113 cm³/mol. The normalized spacial score (nSPS) is 16.2. The minimum atomic E-state index is -0.166. The number of hydrogen-bond donors (Lipinski definition) is 1. The Morgan fingerprint density at radius 2 is 1.89 bits per heavy atom. The van der Waals surface area contributed by atoms with Gasteiger partial charge in [0, 0.05) is 17.2 Å². The number of carbonyl (C=O) groups excluding carboxylic acids is 1. The third kappa shape index (κ3) is 4.38. The molecule has 1 aliphatic carbocycles. The van der Waals surface area contributed by atoms with Gasteiger partial charge in [0.15, 0.2) is 18.1 Å². The number of aryl methyl sites for hydroxylation is 2. The first-order chi connectivity index (χ1) is 13.2. The number of nitrogens with one attached hydrogen (secondary N) is 1. The lowest BCUT2D eigenvalue weighted by Gasteiger charge is -2.14. The van der Waals surface area contributed by atoms with Crippen LogP contribution >= 0.6 is 23.5 Å². The fourth-order valence-corrected chi connectivity index (χ4v) is 6.33. The van der Waals surface area contributed by atoms with Crippen LogP contribution < -0.4 is 14.8 Å². The number of anilines is 1. The molecule has 6 heteroatoms. The Balaban J connectivity index is 1.36. The van der Waals surface area contributed by atoms with Crippen LogP contribution in [0.2, 0.25) is 0 Å². The molecule has 1 saturated heterocycles. The lowest BCUT2D eigenvalue weighted by atomic mass is 10.1. The molecule has 4 nitrogen and oxygen atoms in total. The molecule has 2 aromatic rings. The average molecular weight is 402 g/mol. The van der Waals surface area contributed by atoms with Crippen molar-refractivity contribution in [1.29, 1.82) is 0 Å². The topological polar surface area (TPSA) is 47.6 Å². The van der Waals surface area contributed by atoms with Gasteiger partial charge in [0.2, 0.25) is 0 Å². The van der Waals surface area contributed by atoms with Crippen LogP contribution in [0.25, 0.3) is 0 Å². The summed E-state index contributed by atoms with van der Waals surface area (Å²) in [7, 11) is 1.63. The Bertz CT molecular complexity index is 834. The standard InChI is InChI=1S/C21H23NO3S2/c1-24-19-12-16(21-26-9-10-27-21)6-8-18(19)25-13-20(23)22-17-7-5-14-3-2-4-15(14)11-17/h5-8,11-12,21H,2-4,9-10,13H2,1H3,(H,22,23). The Morgan fingerprint density at radius 1 is 1.07 bits per heavy atom. The molecular weight excluding hydrogens is 378 g/mol. The number of methoxy groups -OCH3 is 1. The number of rotatable bonds is 6. The molecule has 2 aromatic carbocycles. The maximum Gasteiger partial charge on any atom is 0.262 e. The maximum absolute atomic E-state index is 12.3. The average Bonchev–Trinajstić information content (AvgIpc) is 3.37. The van der Waals surface area contributed by atoms with Gasteiger partial charge in [-0.25, -0.2) is 0 Å². The molecule has 0 bridgehead atoms. The summed E-state index contributed by atoms with van der Waals surface area (Å²) in [5, 5.41) is 2.92. The predicted octanol–water partition coefficient (Wildman–Crippen LogP) is 4.68. The zero-order valence-corrected chi connectivity index (χ0v) is 17.0. The first-order valence-electron chi connectivity index (χ1n) is 9.18. The van der Waals surface area contributed by atoms with Crippen molar-refractivity contribution in [3.05, 3.63) is 53.1 Å². The van der Waals surface area contributed by atoms with E-state index < -0.39 is 0 Å². The summed E-state index contributed by atoms with van der Waals surface area (Å²) >= 11 is 3.90. The first kappa shape index (κ1) is 18.6. The fraction of sp³-hybridized carbons (Fsp3) is 0.381. The van der Waals surface area contributed by atoms with Crippen molar-refractivity contribution in [2.75, 3.05) is 30.5 Å². The number of amides is 1. The van der Waals surface area contributed by atoms with Gasteiger partial charge in [-0.1, -0.05) is 12.1 Å². The van der Waals surface area contributed by atoms with Crippen LogP contribution in [-0.2, 0) is 17.6 Å². The van der Waals surface area contributed by atoms with Crippen molar-refractivity contribution in [1.82, 2.24) is 0 Å². The second kappa shape index (κ2) is 8.48. The molecule has 0 spiro atoms. The van der Waals surface area contributed by atoms with Crippen LogP contribution in [0.4, 0.5) is 5.69 Å². The molecule has 4 rings (SSSR count). The largest absolute Gasteiger partial charge is 0.493 e. The van der Waals surface area contributed by atoms with Gasteiger partial charge in [-0.3, -0.25) is 4.79 Å². The van der Waals surface area contributed by atoms with Crippen LogP contribution in [0.1, 0.15) is 27.7 Å². The Hall–Kier alpha value is -1.79. The number of thioether (sulfide) groups is 2. The highest BCUT2D eigenvalue weighted by Crippen LogP contribution is 2.46. The molecule has 1 fully saturated rings. The summed E-state index contributed by atoms with van der Waals surface area (Å²) in [4.78, 5) is 12.3. The lowest BCUT2D eigenvalue weighted by molar-refractivity contribution is -0.118. The van der Waals surface area contributed by atoms with E-state index in [9.17, 15) is 4.79 Å². The van der Waals surface area contributed by atoms with Crippen LogP contribution in [0.15, 0.2) is 36.4 Å². The number of fused-ring (bicyclic) bond motifs is 1. The third-order valence-corrected chi connectivity index (χ3v) is 7.93. The summed E-state index contributed by atoms with van der Waals surface area (Å²) in [6, 6.07) is 12.1. The summed E-state index contributed by atoms with van der Waals surface area (Å²) < 4.78 is 11.6. The quantitative estimate of drug-likeness (QED) is 0.762. The van der Waals surface area contributed by atoms with E-state index in [0.29, 0.717) is 16.1 Å². The van der Waals surface area contributed by atoms with Crippen molar-refractivity contribution < 1.29 is 14.3 Å². The molecule has 0 unspecified atom stereocenters. The van der Waals surface area contributed by atoms with Gasteiger partial charge in [-0.15, -0.1) is 23.5 Å². The molecule has 1 N–H and O–H groups in total. The third-order valence-electron chi connectivity index (χ3n) is 4.82. The van der Waals surface area contributed by atoms with Gasteiger partial charge >= 0.3 is 0 Å². The molecule has 0 atom stereocenters. The smallest absolute Gasteiger partial charge is 0.262 e. The number of ether oxygens (including phenoxy) is 2. The number of carbonyl (C=O) groups is 1. The monoisotopic (exact) mass is 401 g/mol. The van der Waals surface area contributed by atoms with Crippen LogP contribution in [-0.4, -0.2) is 31.1 Å². The molecule has 1 amide bonds. The zero-order valence-electron chi connectivity index (χ0n) is 15.3. The van der Waals surface area contributed by atoms with E-state index in [2.05, 4.69) is 23.5 Å². The molecule has 0 saturated carbocycles. The molecular formula is C21H23NO3S2. The lowest BCUT2D eigenvalue weighted by Crippen LogP contribution is -2.20. The number of benzene rings is 2. The van der Waals surface area contributed by atoms with Crippen molar-refractivity contribution in [3.63, 3.8) is 0 Å². The Labute approximate surface area is 168 Å². The van der Waals surface area contributed by atoms with E-state index in [1.54, 1.807) is 7.11 Å². The van der Waals surface area contributed by atoms with Gasteiger partial charge < -0.3 is 14.8 Å². The summed E-state index contributed by atoms with van der Waals surface area (Å²) in [5.74, 6) is 3.46. The van der Waals surface area contributed by atoms with Crippen molar-refractivity contribution in [2.24, 2.45) is 0 Å². The van der Waals surface area contributed by atoms with E-state index in [4.69, 9.17) is 9.47 Å². The van der Waals surface area contributed by atoms with Crippen LogP contribution in [0, 0.1) is 0 Å². The minimum absolute atomic E-state index is 0.0419. The molecule has 2 aliphatic rings. The maximum atomic E-state index is 12.3. The first-order valence-corrected chi connectivity index (χ1v) is 11.3. The van der Waals surface area contributed by atoms with Crippen LogP contribution in [0.3, 0.4) is 0 Å². The van der Waals surface area contributed by atoms with E-state index in [-0.39, 0.29) is 12.5 Å². The Morgan fingerprint density at radius 3 is 2.70 bits per heavy atom. The minimum Gasteiger partial charge on any atom is -0.493 e. The number of hydrogen-bond acceptors (Lipinski definition) is 5. The van der Waals surface area contributed by atoms with Gasteiger partial charge in [0.25, 0.3) is 5.91 Å². The van der Waals surface area contributed by atoms with E-state index in [1.807, 2.05) is 41.7 Å². The van der Waals surface area contributed by atoms with Crippen molar-refractivity contribution in [3.8, 4) is 11.5 Å². The van der Waals surface area contributed by atoms with Crippen molar-refractivity contribution in [2.45, 2.75) is 23.8 Å². The van der Waals surface area contributed by atoms with Crippen molar-refractivity contribution >= 4 is 35.1 Å². The van der Waals surface area contributed by atoms with Gasteiger partial charge in [0.05, 0.1) is 11.7 Å². The second-order valence-electron chi connectivity index (χ2n) is 6.66. The van der Waals surface area contributed by atoms with Gasteiger partial charge in [-0.2, -0.15) is 0 Å². The van der Waals surface area contributed by atoms with Crippen LogP contribution in [0.5, 0.6) is 11.5 Å². The van der Waals surface area contributed by atoms with E-state index >= 15 is 0 Å². The molecule has 1 heterocycles. The Kier molecular flexibility index (Phi) is 5.83. The molecule has 0 radical (unpaired) electrons. The SMILES string of the molecule is COc1cc(C2SCCS2)ccc1OCC(=O)Nc1ccc2c(c1)CCC2. The highest BCUT2D eigenvalue weighted by molar-refractivity contribution is 8.19. The van der Waals surface area contributed by atoms with Gasteiger partial charge in [-0.05, 0) is 60.2 Å². The second-order valence-corrected chi connectivity index (χ2v) is 9.38. The summed E-state index contributed by atoms with van der Waals surface area (Å²) in [6.45, 7) is -0.0419. The highest BCUT2D eigenvalue weighted by Gasteiger charge is 2.20. The highest BCUT2D eigenvalue weighted by atomic mass is 32.2. The zero-order chi connectivity index (χ0) is 18.6. The molecule has 142 valence electrons. The van der Waals surface area contributed by atoms with E-state index in [1.165, 1.54) is 34.6 Å². The summed E-state index contributed by atoms with van der Waals surface area (Å²) in [5.41, 5.74) is 4.80.